The number of carbonyl (C=O) groups excluding carboxylic acids is 1. The van der Waals surface area contributed by atoms with Crippen molar-refractivity contribution in [2.24, 2.45) is 17.3 Å². The number of hydrogen-bond acceptors (Lipinski definition) is 3. The Kier molecular flexibility index (Phi) is 4.97. The van der Waals surface area contributed by atoms with Gasteiger partial charge in [0.05, 0.1) is 5.56 Å². The molecule has 0 aromatic heterocycles. The molecular weight excluding hydrogens is 367 g/mol. The number of carbonyl (C=O) groups is 1. The van der Waals surface area contributed by atoms with Crippen LogP contribution in [-0.2, 0) is 0 Å². The van der Waals surface area contributed by atoms with Crippen LogP contribution in [0.25, 0.3) is 0 Å². The van der Waals surface area contributed by atoms with E-state index in [9.17, 15) is 9.18 Å². The van der Waals surface area contributed by atoms with E-state index in [2.05, 4.69) is 33.8 Å². The Bertz CT molecular complexity index is 958. The predicted octanol–water partition coefficient (Wildman–Crippen LogP) is 6.50. The number of benzene rings is 2. The van der Waals surface area contributed by atoms with E-state index in [-0.39, 0.29) is 16.8 Å². The van der Waals surface area contributed by atoms with Crippen molar-refractivity contribution in [3.63, 3.8) is 0 Å². The fourth-order valence-electron chi connectivity index (χ4n) is 4.38. The number of Topliss-reactive ketones (excluding diaryl/α,β-unsaturated/α-hetero) is 1. The first-order valence-electron chi connectivity index (χ1n) is 10.2. The SMILES string of the molecule is CC(C)=CC1C(CCC(=O)c2cc3c(cc2F)OC(c2ccccc2)O3)C1(C)C. The number of rotatable bonds is 6. The molecule has 29 heavy (non-hydrogen) atoms. The lowest BCUT2D eigenvalue weighted by atomic mass is 10.0. The van der Waals surface area contributed by atoms with Crippen LogP contribution in [0, 0.1) is 23.1 Å². The summed E-state index contributed by atoms with van der Waals surface area (Å²) in [6, 6.07) is 12.2. The Morgan fingerprint density at radius 2 is 1.76 bits per heavy atom. The second-order valence-electron chi connectivity index (χ2n) is 8.92. The molecular formula is C25H27FO3. The third-order valence-corrected chi connectivity index (χ3v) is 6.21. The lowest BCUT2D eigenvalue weighted by molar-refractivity contribution is 0.0486. The molecule has 0 saturated heterocycles. The van der Waals surface area contributed by atoms with Crippen molar-refractivity contribution < 1.29 is 18.7 Å². The van der Waals surface area contributed by atoms with Gasteiger partial charge in [0, 0.05) is 18.1 Å². The molecule has 0 amide bonds. The smallest absolute Gasteiger partial charge is 0.267 e. The quantitative estimate of drug-likeness (QED) is 0.414. The summed E-state index contributed by atoms with van der Waals surface area (Å²) in [6.45, 7) is 8.66. The standard InChI is InChI=1S/C25H27FO3/c1-15(2)12-19-18(25(19,3)4)10-11-21(27)17-13-22-23(14-20(17)26)29-24(28-22)16-8-6-5-7-9-16/h5-9,12-14,18-19,24H,10-11H2,1-4H3. The van der Waals surface area contributed by atoms with Gasteiger partial charge in [0.15, 0.2) is 17.3 Å². The van der Waals surface area contributed by atoms with Crippen molar-refractivity contribution in [3.8, 4) is 11.5 Å². The maximum atomic E-state index is 14.6. The number of allylic oxidation sites excluding steroid dienone is 2. The fraction of sp³-hybridized carbons (Fsp3) is 0.400. The van der Waals surface area contributed by atoms with E-state index in [0.717, 1.165) is 12.0 Å². The van der Waals surface area contributed by atoms with Gasteiger partial charge in [0.2, 0.25) is 0 Å². The van der Waals surface area contributed by atoms with Crippen LogP contribution in [0.3, 0.4) is 0 Å². The molecule has 3 atom stereocenters. The van der Waals surface area contributed by atoms with Crippen LogP contribution in [0.2, 0.25) is 0 Å². The van der Waals surface area contributed by atoms with E-state index >= 15 is 0 Å². The minimum atomic E-state index is -0.618. The first kappa shape index (κ1) is 19.7. The second kappa shape index (κ2) is 7.33. The van der Waals surface area contributed by atoms with Gasteiger partial charge in [-0.25, -0.2) is 4.39 Å². The molecule has 4 rings (SSSR count). The molecule has 2 aliphatic rings. The van der Waals surface area contributed by atoms with Gasteiger partial charge in [-0.2, -0.15) is 0 Å². The highest BCUT2D eigenvalue weighted by atomic mass is 19.1. The largest absolute Gasteiger partial charge is 0.447 e. The molecule has 2 aromatic rings. The van der Waals surface area contributed by atoms with Gasteiger partial charge < -0.3 is 9.47 Å². The molecule has 3 nitrogen and oxygen atoms in total. The predicted molar refractivity (Wildman–Crippen MR) is 111 cm³/mol. The van der Waals surface area contributed by atoms with Crippen LogP contribution in [0.4, 0.5) is 4.39 Å². The van der Waals surface area contributed by atoms with Crippen molar-refractivity contribution in [1.82, 2.24) is 0 Å². The molecule has 152 valence electrons. The van der Waals surface area contributed by atoms with Crippen molar-refractivity contribution in [1.29, 1.82) is 0 Å². The van der Waals surface area contributed by atoms with E-state index in [1.54, 1.807) is 0 Å². The minimum absolute atomic E-state index is 0.0817. The first-order chi connectivity index (χ1) is 13.8. The summed E-state index contributed by atoms with van der Waals surface area (Å²) in [6.07, 6.45) is 2.77. The molecule has 1 fully saturated rings. The minimum Gasteiger partial charge on any atom is -0.447 e. The Morgan fingerprint density at radius 3 is 2.41 bits per heavy atom. The molecule has 1 aliphatic heterocycles. The summed E-state index contributed by atoms with van der Waals surface area (Å²) in [4.78, 5) is 12.7. The molecule has 0 bridgehead atoms. The zero-order valence-electron chi connectivity index (χ0n) is 17.4. The van der Waals surface area contributed by atoms with Gasteiger partial charge >= 0.3 is 0 Å². The number of ether oxygens (including phenoxy) is 2. The van der Waals surface area contributed by atoms with Gasteiger partial charge in [-0.3, -0.25) is 4.79 Å². The van der Waals surface area contributed by atoms with Crippen molar-refractivity contribution in [2.75, 3.05) is 0 Å². The third-order valence-electron chi connectivity index (χ3n) is 6.21. The lowest BCUT2D eigenvalue weighted by Gasteiger charge is -2.09. The summed E-state index contributed by atoms with van der Waals surface area (Å²) in [7, 11) is 0. The van der Waals surface area contributed by atoms with Crippen LogP contribution in [0.15, 0.2) is 54.1 Å². The highest BCUT2D eigenvalue weighted by molar-refractivity contribution is 5.97. The number of fused-ring (bicyclic) bond motifs is 1. The van der Waals surface area contributed by atoms with Crippen LogP contribution in [-0.4, -0.2) is 5.78 Å². The monoisotopic (exact) mass is 394 g/mol. The fourth-order valence-corrected chi connectivity index (χ4v) is 4.38. The molecule has 1 aliphatic carbocycles. The zero-order chi connectivity index (χ0) is 20.8. The molecule has 3 unspecified atom stereocenters. The van der Waals surface area contributed by atoms with E-state index in [4.69, 9.17) is 9.47 Å². The lowest BCUT2D eigenvalue weighted by Crippen LogP contribution is -2.07. The van der Waals surface area contributed by atoms with Crippen molar-refractivity contribution in [2.45, 2.75) is 46.8 Å². The van der Waals surface area contributed by atoms with E-state index < -0.39 is 12.1 Å². The maximum absolute atomic E-state index is 14.6. The summed E-state index contributed by atoms with van der Waals surface area (Å²) < 4.78 is 26.1. The highest BCUT2D eigenvalue weighted by Crippen LogP contribution is 2.61. The van der Waals surface area contributed by atoms with Gasteiger partial charge in [0.1, 0.15) is 5.82 Å². The van der Waals surface area contributed by atoms with E-state index in [1.165, 1.54) is 17.7 Å². The molecule has 4 heteroatoms. The Labute approximate surface area is 171 Å². The number of halogens is 1. The molecule has 0 radical (unpaired) electrons. The summed E-state index contributed by atoms with van der Waals surface area (Å²) in [5, 5.41) is 0. The summed E-state index contributed by atoms with van der Waals surface area (Å²) in [5.74, 6) is 0.963. The molecule has 1 heterocycles. The topological polar surface area (TPSA) is 35.5 Å². The molecule has 2 aromatic carbocycles. The van der Waals surface area contributed by atoms with Crippen LogP contribution in [0.5, 0.6) is 11.5 Å². The normalized spacial score (nSPS) is 23.6. The summed E-state index contributed by atoms with van der Waals surface area (Å²) >= 11 is 0. The van der Waals surface area contributed by atoms with Crippen molar-refractivity contribution in [3.05, 3.63) is 71.1 Å². The zero-order valence-corrected chi connectivity index (χ0v) is 17.4. The van der Waals surface area contributed by atoms with Crippen molar-refractivity contribution >= 4 is 5.78 Å². The average molecular weight is 394 g/mol. The van der Waals surface area contributed by atoms with Gasteiger partial charge in [-0.05, 0) is 43.6 Å². The average Bonchev–Trinajstić information content (AvgIpc) is 3.00. The second-order valence-corrected chi connectivity index (χ2v) is 8.92. The summed E-state index contributed by atoms with van der Waals surface area (Å²) in [5.41, 5.74) is 2.43. The highest BCUT2D eigenvalue weighted by Gasteiger charge is 2.55. The van der Waals surface area contributed by atoms with E-state index in [0.29, 0.717) is 29.8 Å². The maximum Gasteiger partial charge on any atom is 0.267 e. The Balaban J connectivity index is 1.44. The van der Waals surface area contributed by atoms with Gasteiger partial charge in [-0.15, -0.1) is 0 Å². The first-order valence-corrected chi connectivity index (χ1v) is 10.2. The van der Waals surface area contributed by atoms with Crippen LogP contribution in [0.1, 0.15) is 62.7 Å². The van der Waals surface area contributed by atoms with Crippen LogP contribution >= 0.6 is 0 Å². The molecule has 0 spiro atoms. The Morgan fingerprint density at radius 1 is 1.10 bits per heavy atom. The van der Waals surface area contributed by atoms with Crippen LogP contribution < -0.4 is 9.47 Å². The van der Waals surface area contributed by atoms with E-state index in [1.807, 2.05) is 30.3 Å². The van der Waals surface area contributed by atoms with Gasteiger partial charge in [0.25, 0.3) is 6.29 Å². The molecule has 1 saturated carbocycles. The molecule has 0 N–H and O–H groups in total. The number of ketones is 1. The Hall–Kier alpha value is -2.62. The van der Waals surface area contributed by atoms with Gasteiger partial charge in [-0.1, -0.05) is 55.8 Å². The number of hydrogen-bond donors (Lipinski definition) is 0. The third kappa shape index (κ3) is 3.81.